The molecule has 16 heavy (non-hydrogen) atoms. The molecule has 0 radical (unpaired) electrons. The van der Waals surface area contributed by atoms with Gasteiger partial charge in [0.2, 0.25) is 0 Å². The minimum atomic E-state index is 0.572. The first-order valence-corrected chi connectivity index (χ1v) is 7.17. The molecule has 0 amide bonds. The van der Waals surface area contributed by atoms with E-state index in [2.05, 4.69) is 55.0 Å². The first-order valence-electron chi connectivity index (χ1n) is 5.58. The molecule has 1 aliphatic heterocycles. The van der Waals surface area contributed by atoms with E-state index in [1.165, 1.54) is 24.9 Å². The zero-order chi connectivity index (χ0) is 11.5. The summed E-state index contributed by atoms with van der Waals surface area (Å²) in [5.74, 6) is 0. The highest BCUT2D eigenvalue weighted by atomic mass is 79.9. The molecule has 2 N–H and O–H groups in total. The van der Waals surface area contributed by atoms with E-state index in [1.54, 1.807) is 0 Å². The molecule has 1 aromatic carbocycles. The van der Waals surface area contributed by atoms with Crippen LogP contribution in [0.15, 0.2) is 27.1 Å². The van der Waals surface area contributed by atoms with E-state index in [9.17, 15) is 0 Å². The van der Waals surface area contributed by atoms with Crippen molar-refractivity contribution in [2.75, 3.05) is 13.1 Å². The predicted octanol–water partition coefficient (Wildman–Crippen LogP) is 3.13. The predicted molar refractivity (Wildman–Crippen MR) is 74.3 cm³/mol. The molecule has 0 saturated carbocycles. The molecule has 1 aliphatic rings. The van der Waals surface area contributed by atoms with Gasteiger partial charge in [0.05, 0.1) is 0 Å². The zero-order valence-corrected chi connectivity index (χ0v) is 12.3. The van der Waals surface area contributed by atoms with Crippen molar-refractivity contribution in [3.63, 3.8) is 0 Å². The minimum Gasteiger partial charge on any atom is -0.329 e. The fourth-order valence-corrected chi connectivity index (χ4v) is 2.92. The summed E-state index contributed by atoms with van der Waals surface area (Å²) in [7, 11) is 0. The van der Waals surface area contributed by atoms with Crippen LogP contribution in [-0.4, -0.2) is 24.0 Å². The molecule has 1 atom stereocenters. The van der Waals surface area contributed by atoms with Crippen LogP contribution in [0.5, 0.6) is 0 Å². The van der Waals surface area contributed by atoms with Crippen LogP contribution >= 0.6 is 31.9 Å². The smallest absolute Gasteiger partial charge is 0.0320 e. The Morgan fingerprint density at radius 1 is 1.31 bits per heavy atom. The lowest BCUT2D eigenvalue weighted by Crippen LogP contribution is -2.34. The van der Waals surface area contributed by atoms with Crippen molar-refractivity contribution in [3.8, 4) is 0 Å². The molecule has 0 bridgehead atoms. The molecule has 0 spiro atoms. The number of likely N-dealkylation sites (tertiary alicyclic amines) is 1. The van der Waals surface area contributed by atoms with Crippen molar-refractivity contribution >= 4 is 31.9 Å². The van der Waals surface area contributed by atoms with Crippen molar-refractivity contribution in [3.05, 3.63) is 32.7 Å². The fraction of sp³-hybridized carbons (Fsp3) is 0.500. The SMILES string of the molecule is NCC1CCCN1Cc1ccc(Br)c(Br)c1. The Hall–Kier alpha value is 0.1000. The first-order chi connectivity index (χ1) is 7.70. The summed E-state index contributed by atoms with van der Waals surface area (Å²) in [6, 6.07) is 7.01. The molecule has 1 aromatic rings. The number of hydrogen-bond donors (Lipinski definition) is 1. The van der Waals surface area contributed by atoms with Gasteiger partial charge in [0.1, 0.15) is 0 Å². The van der Waals surface area contributed by atoms with Gasteiger partial charge in [-0.05, 0) is 68.9 Å². The van der Waals surface area contributed by atoms with Crippen LogP contribution in [0.1, 0.15) is 18.4 Å². The van der Waals surface area contributed by atoms with Gasteiger partial charge in [-0.2, -0.15) is 0 Å². The van der Waals surface area contributed by atoms with Gasteiger partial charge < -0.3 is 5.73 Å². The molecule has 2 rings (SSSR count). The van der Waals surface area contributed by atoms with Crippen LogP contribution in [0.3, 0.4) is 0 Å². The van der Waals surface area contributed by atoms with E-state index in [-0.39, 0.29) is 0 Å². The third kappa shape index (κ3) is 2.86. The Bertz CT molecular complexity index is 368. The molecule has 2 nitrogen and oxygen atoms in total. The van der Waals surface area contributed by atoms with E-state index >= 15 is 0 Å². The van der Waals surface area contributed by atoms with Crippen molar-refractivity contribution in [2.45, 2.75) is 25.4 Å². The van der Waals surface area contributed by atoms with E-state index in [0.717, 1.165) is 22.0 Å². The third-order valence-corrected chi connectivity index (χ3v) is 5.02. The number of hydrogen-bond acceptors (Lipinski definition) is 2. The summed E-state index contributed by atoms with van der Waals surface area (Å²) >= 11 is 7.02. The van der Waals surface area contributed by atoms with Crippen LogP contribution in [0, 0.1) is 0 Å². The normalized spacial score (nSPS) is 21.6. The molecule has 4 heteroatoms. The summed E-state index contributed by atoms with van der Waals surface area (Å²) < 4.78 is 2.22. The van der Waals surface area contributed by atoms with Crippen LogP contribution in [-0.2, 0) is 6.54 Å². The molecular weight excluding hydrogens is 332 g/mol. The molecule has 0 aliphatic carbocycles. The third-order valence-electron chi connectivity index (χ3n) is 3.14. The quantitative estimate of drug-likeness (QED) is 0.910. The summed E-state index contributed by atoms with van der Waals surface area (Å²) in [4.78, 5) is 2.48. The second kappa shape index (κ2) is 5.63. The van der Waals surface area contributed by atoms with Crippen molar-refractivity contribution in [2.24, 2.45) is 5.73 Å². The summed E-state index contributed by atoms with van der Waals surface area (Å²) in [6.07, 6.45) is 2.52. The molecule has 1 fully saturated rings. The molecule has 88 valence electrons. The monoisotopic (exact) mass is 346 g/mol. The summed E-state index contributed by atoms with van der Waals surface area (Å²) in [5.41, 5.74) is 7.12. The molecule has 1 unspecified atom stereocenters. The van der Waals surface area contributed by atoms with Gasteiger partial charge in [0, 0.05) is 28.1 Å². The lowest BCUT2D eigenvalue weighted by molar-refractivity contribution is 0.250. The lowest BCUT2D eigenvalue weighted by Gasteiger charge is -2.23. The molecular formula is C12H16Br2N2. The van der Waals surface area contributed by atoms with Gasteiger partial charge in [-0.3, -0.25) is 4.90 Å². The second-order valence-electron chi connectivity index (χ2n) is 4.25. The Labute approximate surface area is 113 Å². The van der Waals surface area contributed by atoms with E-state index < -0.39 is 0 Å². The van der Waals surface area contributed by atoms with Gasteiger partial charge in [-0.25, -0.2) is 0 Å². The molecule has 1 heterocycles. The maximum atomic E-state index is 5.77. The largest absolute Gasteiger partial charge is 0.329 e. The van der Waals surface area contributed by atoms with Gasteiger partial charge in [-0.1, -0.05) is 6.07 Å². The summed E-state index contributed by atoms with van der Waals surface area (Å²) in [5, 5.41) is 0. The minimum absolute atomic E-state index is 0.572. The Kier molecular flexibility index (Phi) is 4.41. The van der Waals surface area contributed by atoms with Crippen molar-refractivity contribution in [1.82, 2.24) is 4.90 Å². The van der Waals surface area contributed by atoms with Gasteiger partial charge in [-0.15, -0.1) is 0 Å². The van der Waals surface area contributed by atoms with Crippen LogP contribution in [0.2, 0.25) is 0 Å². The van der Waals surface area contributed by atoms with Crippen LogP contribution in [0.25, 0.3) is 0 Å². The molecule has 1 saturated heterocycles. The Morgan fingerprint density at radius 2 is 2.12 bits per heavy atom. The van der Waals surface area contributed by atoms with Gasteiger partial charge >= 0.3 is 0 Å². The summed E-state index contributed by atoms with van der Waals surface area (Å²) in [6.45, 7) is 2.96. The van der Waals surface area contributed by atoms with Crippen LogP contribution < -0.4 is 5.73 Å². The van der Waals surface area contributed by atoms with E-state index in [1.807, 2.05) is 0 Å². The lowest BCUT2D eigenvalue weighted by atomic mass is 10.2. The topological polar surface area (TPSA) is 29.3 Å². The standard InChI is InChI=1S/C12H16Br2N2/c13-11-4-3-9(6-12(11)14)8-16-5-1-2-10(16)7-15/h3-4,6,10H,1-2,5,7-8,15H2. The Balaban J connectivity index is 2.05. The number of rotatable bonds is 3. The van der Waals surface area contributed by atoms with Gasteiger partial charge in [0.15, 0.2) is 0 Å². The highest BCUT2D eigenvalue weighted by molar-refractivity contribution is 9.13. The van der Waals surface area contributed by atoms with E-state index in [0.29, 0.717) is 6.04 Å². The number of benzene rings is 1. The first kappa shape index (κ1) is 12.6. The zero-order valence-electron chi connectivity index (χ0n) is 9.13. The van der Waals surface area contributed by atoms with Gasteiger partial charge in [0.25, 0.3) is 0 Å². The average molecular weight is 348 g/mol. The van der Waals surface area contributed by atoms with Crippen molar-refractivity contribution in [1.29, 1.82) is 0 Å². The number of nitrogens with two attached hydrogens (primary N) is 1. The second-order valence-corrected chi connectivity index (χ2v) is 5.96. The fourth-order valence-electron chi connectivity index (χ4n) is 2.24. The maximum absolute atomic E-state index is 5.77. The number of nitrogens with zero attached hydrogens (tertiary/aromatic N) is 1. The Morgan fingerprint density at radius 3 is 2.81 bits per heavy atom. The van der Waals surface area contributed by atoms with Crippen LogP contribution in [0.4, 0.5) is 0 Å². The van der Waals surface area contributed by atoms with Crippen molar-refractivity contribution < 1.29 is 0 Å². The maximum Gasteiger partial charge on any atom is 0.0320 e. The van der Waals surface area contributed by atoms with E-state index in [4.69, 9.17) is 5.73 Å². The average Bonchev–Trinajstić information content (AvgIpc) is 2.71. The number of halogens is 2. The highest BCUT2D eigenvalue weighted by Gasteiger charge is 2.22. The highest BCUT2D eigenvalue weighted by Crippen LogP contribution is 2.26. The molecule has 0 aromatic heterocycles.